The van der Waals surface area contributed by atoms with Crippen molar-refractivity contribution in [2.45, 2.75) is 26.3 Å². The van der Waals surface area contributed by atoms with E-state index in [1.54, 1.807) is 38.1 Å². The van der Waals surface area contributed by atoms with Crippen molar-refractivity contribution in [3.63, 3.8) is 0 Å². The van der Waals surface area contributed by atoms with Crippen molar-refractivity contribution >= 4 is 17.4 Å². The molecule has 156 valence electrons. The van der Waals surface area contributed by atoms with Gasteiger partial charge in [-0.1, -0.05) is 12.1 Å². The summed E-state index contributed by atoms with van der Waals surface area (Å²) in [5.41, 5.74) is 3.30. The van der Waals surface area contributed by atoms with Crippen LogP contribution >= 0.6 is 0 Å². The van der Waals surface area contributed by atoms with Gasteiger partial charge in [0.2, 0.25) is 0 Å². The van der Waals surface area contributed by atoms with Gasteiger partial charge in [-0.25, -0.2) is 4.79 Å². The molecule has 0 N–H and O–H groups in total. The van der Waals surface area contributed by atoms with E-state index in [-0.39, 0.29) is 18.3 Å². The predicted molar refractivity (Wildman–Crippen MR) is 112 cm³/mol. The first-order valence-corrected chi connectivity index (χ1v) is 9.53. The molecular weight excluding hydrogens is 386 g/mol. The summed E-state index contributed by atoms with van der Waals surface area (Å²) in [6, 6.07) is 13.8. The minimum atomic E-state index is -0.439. The number of benzene rings is 2. The number of ether oxygens (including phenoxy) is 2. The van der Waals surface area contributed by atoms with Crippen molar-refractivity contribution in [3.05, 3.63) is 81.5 Å². The van der Waals surface area contributed by atoms with Crippen LogP contribution in [0, 0.1) is 10.1 Å². The lowest BCUT2D eigenvalue weighted by Crippen LogP contribution is -2.19. The third kappa shape index (κ3) is 4.65. The molecule has 1 unspecified atom stereocenters. The second-order valence-corrected chi connectivity index (χ2v) is 6.73. The number of non-ortho nitro benzene ring substituents is 1. The standard InChI is InChI=1S/C22H23N3O5/c1-4-30-22(26)13-15(2)24-21(17-5-9-18(10-6-17)25(27)28)14-20(23-24)16-7-11-19(29-3)12-8-16/h5-13,21H,4,14H2,1-3H3/b15-13-. The minimum Gasteiger partial charge on any atom is -0.497 e. The molecule has 0 amide bonds. The molecule has 0 radical (unpaired) electrons. The van der Waals surface area contributed by atoms with E-state index in [0.717, 1.165) is 22.6 Å². The van der Waals surface area contributed by atoms with Crippen LogP contribution in [-0.2, 0) is 9.53 Å². The summed E-state index contributed by atoms with van der Waals surface area (Å²) < 4.78 is 10.2. The van der Waals surface area contributed by atoms with Crippen LogP contribution in [0.2, 0.25) is 0 Å². The predicted octanol–water partition coefficient (Wildman–Crippen LogP) is 4.22. The van der Waals surface area contributed by atoms with Gasteiger partial charge in [0.1, 0.15) is 5.75 Å². The summed E-state index contributed by atoms with van der Waals surface area (Å²) in [7, 11) is 1.61. The number of hydrogen-bond acceptors (Lipinski definition) is 7. The first-order valence-electron chi connectivity index (χ1n) is 9.53. The number of carbonyl (C=O) groups is 1. The maximum Gasteiger partial charge on any atom is 0.332 e. The third-order valence-corrected chi connectivity index (χ3v) is 4.80. The Morgan fingerprint density at radius 2 is 1.90 bits per heavy atom. The van der Waals surface area contributed by atoms with Gasteiger partial charge in [0.25, 0.3) is 5.69 Å². The Labute approximate surface area is 174 Å². The molecule has 0 saturated heterocycles. The van der Waals surface area contributed by atoms with Gasteiger partial charge in [-0.3, -0.25) is 15.1 Å². The molecule has 0 spiro atoms. The van der Waals surface area contributed by atoms with E-state index >= 15 is 0 Å². The molecular formula is C22H23N3O5. The largest absolute Gasteiger partial charge is 0.497 e. The SMILES string of the molecule is CCOC(=O)/C=C(/C)N1N=C(c2ccc(OC)cc2)CC1c1ccc([N+](=O)[O-])cc1. The Kier molecular flexibility index (Phi) is 6.46. The molecule has 1 aliphatic heterocycles. The van der Waals surface area contributed by atoms with Gasteiger partial charge in [-0.2, -0.15) is 5.10 Å². The highest BCUT2D eigenvalue weighted by Gasteiger charge is 2.30. The normalized spacial score (nSPS) is 16.2. The molecule has 2 aromatic rings. The van der Waals surface area contributed by atoms with Crippen LogP contribution in [0.1, 0.15) is 37.4 Å². The molecule has 3 rings (SSSR count). The quantitative estimate of drug-likeness (QED) is 0.294. The molecule has 0 saturated carbocycles. The van der Waals surface area contributed by atoms with Gasteiger partial charge in [-0.05, 0) is 49.2 Å². The molecule has 2 aromatic carbocycles. The summed E-state index contributed by atoms with van der Waals surface area (Å²) in [4.78, 5) is 22.5. The maximum atomic E-state index is 11.9. The van der Waals surface area contributed by atoms with Crippen molar-refractivity contribution in [3.8, 4) is 5.75 Å². The topological polar surface area (TPSA) is 94.3 Å². The first kappa shape index (κ1) is 21.0. The number of nitrogens with zero attached hydrogens (tertiary/aromatic N) is 3. The van der Waals surface area contributed by atoms with E-state index in [0.29, 0.717) is 12.1 Å². The lowest BCUT2D eigenvalue weighted by Gasteiger charge is -2.24. The average molecular weight is 409 g/mol. The molecule has 0 aliphatic carbocycles. The number of methoxy groups -OCH3 is 1. The summed E-state index contributed by atoms with van der Waals surface area (Å²) in [5, 5.41) is 17.5. The van der Waals surface area contributed by atoms with E-state index in [9.17, 15) is 14.9 Å². The molecule has 8 nitrogen and oxygen atoms in total. The van der Waals surface area contributed by atoms with Crippen LogP contribution in [0.25, 0.3) is 0 Å². The third-order valence-electron chi connectivity index (χ3n) is 4.80. The molecule has 0 aromatic heterocycles. The molecule has 1 heterocycles. The lowest BCUT2D eigenvalue weighted by molar-refractivity contribution is -0.384. The number of esters is 1. The fourth-order valence-electron chi connectivity index (χ4n) is 3.29. The Hall–Kier alpha value is -3.68. The van der Waals surface area contributed by atoms with Crippen LogP contribution in [0.15, 0.2) is 65.4 Å². The summed E-state index contributed by atoms with van der Waals surface area (Å²) in [5.74, 6) is 0.310. The van der Waals surface area contributed by atoms with Crippen LogP contribution in [-0.4, -0.2) is 35.3 Å². The second kappa shape index (κ2) is 9.21. The summed E-state index contributed by atoms with van der Waals surface area (Å²) in [6.07, 6.45) is 1.99. The Morgan fingerprint density at radius 3 is 2.47 bits per heavy atom. The smallest absolute Gasteiger partial charge is 0.332 e. The summed E-state index contributed by atoms with van der Waals surface area (Å²) in [6.45, 7) is 3.82. The van der Waals surface area contributed by atoms with Crippen LogP contribution < -0.4 is 4.74 Å². The lowest BCUT2D eigenvalue weighted by atomic mass is 9.98. The second-order valence-electron chi connectivity index (χ2n) is 6.73. The zero-order chi connectivity index (χ0) is 21.7. The monoisotopic (exact) mass is 409 g/mol. The highest BCUT2D eigenvalue weighted by Crippen LogP contribution is 2.36. The van der Waals surface area contributed by atoms with Crippen molar-refractivity contribution < 1.29 is 19.2 Å². The molecule has 0 fully saturated rings. The van der Waals surface area contributed by atoms with Gasteiger partial charge in [0.05, 0.1) is 30.4 Å². The number of carbonyl (C=O) groups excluding carboxylic acids is 1. The van der Waals surface area contributed by atoms with E-state index in [2.05, 4.69) is 0 Å². The van der Waals surface area contributed by atoms with Crippen LogP contribution in [0.4, 0.5) is 5.69 Å². The average Bonchev–Trinajstić information content (AvgIpc) is 3.19. The van der Waals surface area contributed by atoms with Crippen LogP contribution in [0.3, 0.4) is 0 Å². The van der Waals surface area contributed by atoms with Gasteiger partial charge in [0, 0.05) is 30.3 Å². The number of hydrogen-bond donors (Lipinski definition) is 0. The van der Waals surface area contributed by atoms with Gasteiger partial charge < -0.3 is 9.47 Å². The first-order chi connectivity index (χ1) is 14.4. The molecule has 1 atom stereocenters. The number of hydrazone groups is 1. The van der Waals surface area contributed by atoms with Crippen molar-refractivity contribution in [2.75, 3.05) is 13.7 Å². The zero-order valence-electron chi connectivity index (χ0n) is 17.1. The number of nitro groups is 1. The molecule has 0 bridgehead atoms. The number of rotatable bonds is 7. The molecule has 1 aliphatic rings. The minimum absolute atomic E-state index is 0.0263. The van der Waals surface area contributed by atoms with Gasteiger partial charge in [0.15, 0.2) is 0 Å². The Balaban J connectivity index is 1.95. The van der Waals surface area contributed by atoms with Gasteiger partial charge in [-0.15, -0.1) is 0 Å². The Bertz CT molecular complexity index is 981. The Morgan fingerprint density at radius 1 is 1.23 bits per heavy atom. The number of nitro benzene ring substituents is 1. The van der Waals surface area contributed by atoms with E-state index in [4.69, 9.17) is 14.6 Å². The fraction of sp³-hybridized carbons (Fsp3) is 0.273. The zero-order valence-corrected chi connectivity index (χ0v) is 17.1. The van der Waals surface area contributed by atoms with Crippen LogP contribution in [0.5, 0.6) is 5.75 Å². The van der Waals surface area contributed by atoms with Crippen molar-refractivity contribution in [1.82, 2.24) is 5.01 Å². The maximum absolute atomic E-state index is 11.9. The van der Waals surface area contributed by atoms with E-state index in [1.165, 1.54) is 18.2 Å². The van der Waals surface area contributed by atoms with E-state index in [1.807, 2.05) is 24.3 Å². The van der Waals surface area contributed by atoms with Gasteiger partial charge >= 0.3 is 5.97 Å². The summed E-state index contributed by atoms with van der Waals surface area (Å²) >= 11 is 0. The van der Waals surface area contributed by atoms with E-state index < -0.39 is 10.9 Å². The van der Waals surface area contributed by atoms with Crippen molar-refractivity contribution in [1.29, 1.82) is 0 Å². The van der Waals surface area contributed by atoms with Crippen molar-refractivity contribution in [2.24, 2.45) is 5.10 Å². The molecule has 8 heteroatoms. The highest BCUT2D eigenvalue weighted by atomic mass is 16.6. The molecule has 30 heavy (non-hydrogen) atoms. The fourth-order valence-corrected chi connectivity index (χ4v) is 3.29. The highest BCUT2D eigenvalue weighted by molar-refractivity contribution is 6.02. The number of allylic oxidation sites excluding steroid dienone is 1.